The average Bonchev–Trinajstić information content (AvgIpc) is 1.39. The topological polar surface area (TPSA) is 154 Å². The Bertz CT molecular complexity index is 3980. The molecule has 8 aromatic carbocycles. The zero-order valence-electron chi connectivity index (χ0n) is 58.7. The summed E-state index contributed by atoms with van der Waals surface area (Å²) >= 11 is 0. The number of hydrogen-bond donors (Lipinski definition) is 1. The third kappa shape index (κ3) is 23.2. The van der Waals surface area contributed by atoms with E-state index in [-0.39, 0.29) is 81.1 Å². The number of aliphatic hydroxyl groups excluding tert-OH is 1. The number of ether oxygens (including phenoxy) is 4. The van der Waals surface area contributed by atoms with Gasteiger partial charge < -0.3 is 24.1 Å². The Morgan fingerprint density at radius 3 is 1.09 bits per heavy atom. The van der Waals surface area contributed by atoms with Crippen molar-refractivity contribution in [2.45, 2.75) is 142 Å². The molecule has 0 aliphatic carbocycles. The molecular formula is C84H99AcN5O7. The fourth-order valence-corrected chi connectivity index (χ4v) is 11.2. The molecule has 0 saturated carbocycles. The van der Waals surface area contributed by atoms with E-state index in [9.17, 15) is 9.59 Å². The van der Waals surface area contributed by atoms with Crippen LogP contribution in [0.3, 0.4) is 0 Å². The molecule has 13 rings (SSSR count). The smallest absolute Gasteiger partial charge is 0.235 e. The van der Waals surface area contributed by atoms with Crippen molar-refractivity contribution in [2.75, 3.05) is 26.4 Å². The van der Waals surface area contributed by atoms with Crippen molar-refractivity contribution < 1.29 is 77.7 Å². The third-order valence-electron chi connectivity index (χ3n) is 16.0. The number of hydrogen-bond acceptors (Lipinski definition) is 12. The van der Waals surface area contributed by atoms with Crippen molar-refractivity contribution in [3.8, 4) is 11.1 Å². The maximum atomic E-state index is 11.0. The van der Waals surface area contributed by atoms with Gasteiger partial charge in [0.15, 0.2) is 0 Å². The van der Waals surface area contributed by atoms with Gasteiger partial charge in [-0.05, 0) is 194 Å². The molecule has 0 amide bonds. The summed E-state index contributed by atoms with van der Waals surface area (Å²) in [6.45, 7) is 32.0. The zero-order valence-corrected chi connectivity index (χ0v) is 63.5. The monoisotopic (exact) mass is 1520 g/mol. The van der Waals surface area contributed by atoms with Crippen LogP contribution in [0.1, 0.15) is 127 Å². The van der Waals surface area contributed by atoms with E-state index in [4.69, 9.17) is 24.1 Å². The van der Waals surface area contributed by atoms with Gasteiger partial charge in [0.1, 0.15) is 43.7 Å². The van der Waals surface area contributed by atoms with Gasteiger partial charge in [-0.1, -0.05) is 190 Å². The van der Waals surface area contributed by atoms with Crippen molar-refractivity contribution in [3.63, 3.8) is 0 Å². The first kappa shape index (κ1) is 79.5. The van der Waals surface area contributed by atoms with E-state index in [0.29, 0.717) is 50.5 Å². The number of fused-ring (bicyclic) bond motifs is 3. The van der Waals surface area contributed by atoms with E-state index in [1.165, 1.54) is 74.3 Å². The number of carbonyl (C=O) groups excluding carboxylic acids is 2. The zero-order chi connectivity index (χ0) is 68.6. The molecule has 2 unspecified atom stereocenters. The molecule has 0 saturated heterocycles. The number of carbonyl (C=O) groups is 2. The van der Waals surface area contributed by atoms with Gasteiger partial charge in [-0.2, -0.15) is 0 Å². The van der Waals surface area contributed by atoms with Gasteiger partial charge in [0.25, 0.3) is 0 Å². The summed E-state index contributed by atoms with van der Waals surface area (Å²) in [6.07, 6.45) is 7.01. The molecular weight excluding hydrogens is 1420 g/mol. The van der Waals surface area contributed by atoms with Crippen molar-refractivity contribution in [1.29, 1.82) is 0 Å². The normalized spacial score (nSPS) is 16.9. The molecule has 1 radical (unpaired) electrons. The summed E-state index contributed by atoms with van der Waals surface area (Å²) in [4.78, 5) is 44.3. The van der Waals surface area contributed by atoms with Crippen LogP contribution in [-0.4, -0.2) is 102 Å². The number of aliphatic imine (C=N–C) groups is 4. The van der Waals surface area contributed by atoms with Crippen LogP contribution in [-0.2, 0) is 28.5 Å². The first-order valence-corrected chi connectivity index (χ1v) is 33.0. The molecule has 1 N–H and O–H groups in total. The van der Waals surface area contributed by atoms with E-state index in [1.807, 2.05) is 137 Å². The molecule has 6 atom stereocenters. The third-order valence-corrected chi connectivity index (χ3v) is 16.0. The van der Waals surface area contributed by atoms with Crippen molar-refractivity contribution in [1.82, 2.24) is 4.98 Å². The van der Waals surface area contributed by atoms with E-state index < -0.39 is 5.92 Å². The molecule has 505 valence electrons. The molecule has 0 bridgehead atoms. The summed E-state index contributed by atoms with van der Waals surface area (Å²) in [5, 5.41) is 14.9. The van der Waals surface area contributed by atoms with Crippen molar-refractivity contribution in [3.05, 3.63) is 256 Å². The van der Waals surface area contributed by atoms with Crippen LogP contribution in [0.5, 0.6) is 0 Å². The number of benzene rings is 8. The minimum Gasteiger partial charge on any atom is -0.475 e. The van der Waals surface area contributed by atoms with E-state index in [2.05, 4.69) is 171 Å². The average molecular weight is 1520 g/mol. The number of aromatic nitrogens is 1. The van der Waals surface area contributed by atoms with E-state index in [1.54, 1.807) is 13.0 Å². The number of allylic oxidation sites excluding steroid dienone is 3. The number of rotatable bonds is 10. The first-order chi connectivity index (χ1) is 45.7. The second-order valence-corrected chi connectivity index (χ2v) is 24.5. The summed E-state index contributed by atoms with van der Waals surface area (Å²) in [5.41, 5.74) is 14.2. The molecule has 4 aliphatic rings. The number of aliphatic hydroxyl groups is 1. The Kier molecular flexibility index (Phi) is 32.7. The molecule has 12 nitrogen and oxygen atoms in total. The molecule has 1 aromatic heterocycles. The van der Waals surface area contributed by atoms with Gasteiger partial charge in [-0.15, -0.1) is 0 Å². The fraction of sp³-hybridized carbons (Fsp3) is 0.321. The molecule has 0 fully saturated rings. The standard InChI is InChI=1S/C22H18.C13H12N2O.3C11H13NO.C10H16O2.C5H10O.CH4.Ac/c1-15-11-13-17-7-3-5-9-19(17)21(15)22-16(2)12-14-18-8-4-6-10-20(18)22;1-9-8-16-13(14-9)12-7-6-10-4-2-3-5-11(10)15-12;3*1-8-5-3-4-6-10(8)11-12-9(2)7-13-11;1-5-6-7(2)10(8(3)11)9(4)12;1-3-4-5(2)6;;/h3-14H,1-2H3;2-7,9H,8H2,1H3;3*3-6,9H,7H2,1-2H3;5-7,10H,1-4H3;3-6H,1-2H3;1H4;/b;;;;;6-5+;4-3+;;/t;4*9-;;;;/m.1100..../s1. The minimum absolute atomic E-state index is 0. The van der Waals surface area contributed by atoms with Gasteiger partial charge in [0, 0.05) is 66.1 Å². The maximum Gasteiger partial charge on any atom is 0.235 e. The molecule has 5 heterocycles. The second kappa shape index (κ2) is 39.9. The summed E-state index contributed by atoms with van der Waals surface area (Å²) < 4.78 is 21.9. The van der Waals surface area contributed by atoms with Gasteiger partial charge >= 0.3 is 0 Å². The van der Waals surface area contributed by atoms with E-state index in [0.717, 1.165) is 51.0 Å². The molecule has 0 spiro atoms. The molecule has 97 heavy (non-hydrogen) atoms. The predicted molar refractivity (Wildman–Crippen MR) is 402 cm³/mol. The van der Waals surface area contributed by atoms with Gasteiger partial charge in [-0.25, -0.2) is 25.0 Å². The summed E-state index contributed by atoms with van der Waals surface area (Å²) in [7, 11) is 0. The molecule has 9 aromatic rings. The van der Waals surface area contributed by atoms with Gasteiger partial charge in [-0.3, -0.25) is 9.59 Å². The second-order valence-electron chi connectivity index (χ2n) is 24.5. The largest absolute Gasteiger partial charge is 0.475 e. The predicted octanol–water partition coefficient (Wildman–Crippen LogP) is 18.7. The first-order valence-electron chi connectivity index (χ1n) is 33.0. The van der Waals surface area contributed by atoms with Crippen LogP contribution >= 0.6 is 0 Å². The van der Waals surface area contributed by atoms with Crippen LogP contribution in [0.25, 0.3) is 43.6 Å². The van der Waals surface area contributed by atoms with Crippen molar-refractivity contribution in [2.24, 2.45) is 31.8 Å². The number of para-hydroxylation sites is 1. The number of ketones is 2. The van der Waals surface area contributed by atoms with Crippen LogP contribution in [0, 0.1) is 90.5 Å². The quantitative estimate of drug-likeness (QED) is 0.105. The van der Waals surface area contributed by atoms with Crippen molar-refractivity contribution >= 4 is 67.6 Å². The Morgan fingerprint density at radius 2 is 0.763 bits per heavy atom. The number of nitrogens with zero attached hydrogens (tertiary/aromatic N) is 5. The molecule has 4 aliphatic heterocycles. The Labute approximate surface area is 612 Å². The Hall–Kier alpha value is -8.21. The fourth-order valence-electron chi connectivity index (χ4n) is 11.2. The van der Waals surface area contributed by atoms with Crippen LogP contribution in [0.2, 0.25) is 0 Å². The number of pyridine rings is 1. The molecule has 13 heteroatoms. The summed E-state index contributed by atoms with van der Waals surface area (Å²) in [6, 6.07) is 63.9. The van der Waals surface area contributed by atoms with Gasteiger partial charge in [0.05, 0.1) is 41.7 Å². The number of aryl methyl sites for hydroxylation is 5. The van der Waals surface area contributed by atoms with Crippen LogP contribution < -0.4 is 0 Å². The van der Waals surface area contributed by atoms with Gasteiger partial charge in [0.2, 0.25) is 23.6 Å². The van der Waals surface area contributed by atoms with E-state index >= 15 is 0 Å². The Balaban J connectivity index is 0.000000209. The van der Waals surface area contributed by atoms with Crippen LogP contribution in [0.4, 0.5) is 0 Å². The Morgan fingerprint density at radius 1 is 0.433 bits per heavy atom. The minimum atomic E-state index is -0.457. The van der Waals surface area contributed by atoms with Crippen LogP contribution in [0.15, 0.2) is 226 Å². The maximum absolute atomic E-state index is 11.0. The number of Topliss-reactive ketones (excluding diaryl/α,β-unsaturated/α-hetero) is 2. The summed E-state index contributed by atoms with van der Waals surface area (Å²) in [5.74, 6) is 2.52. The SMILES string of the molecule is C.C/C=C/C(C)C(C(C)=O)C(C)=O.C/C=C/C(C)O.C[C@@H]1COC(c2ccc3ccccc3n2)=N1.Cc1ccc2ccccc2c1-c1c(C)ccc2ccccc12.Cc1ccccc1C1=N[C@@H](C)CO1.Cc1ccccc1C1=N[C@@H](C)CO1.Cc1ccccc1C1=N[C@H](C)CO1.[Ac].